The Morgan fingerprint density at radius 2 is 1.95 bits per heavy atom. The molecule has 0 saturated carbocycles. The van der Waals surface area contributed by atoms with Crippen molar-refractivity contribution in [3.63, 3.8) is 0 Å². The lowest BCUT2D eigenvalue weighted by Gasteiger charge is -2.23. The van der Waals surface area contributed by atoms with Crippen LogP contribution < -0.4 is 10.6 Å². The van der Waals surface area contributed by atoms with Crippen molar-refractivity contribution in [1.29, 1.82) is 0 Å². The van der Waals surface area contributed by atoms with E-state index in [1.165, 1.54) is 0 Å². The van der Waals surface area contributed by atoms with Gasteiger partial charge in [-0.2, -0.15) is 0 Å². The van der Waals surface area contributed by atoms with Gasteiger partial charge in [0.1, 0.15) is 0 Å². The molecule has 0 spiro atoms. The highest BCUT2D eigenvalue weighted by Gasteiger charge is 2.20. The van der Waals surface area contributed by atoms with E-state index in [9.17, 15) is 9.59 Å². The van der Waals surface area contributed by atoms with Crippen molar-refractivity contribution in [3.8, 4) is 0 Å². The summed E-state index contributed by atoms with van der Waals surface area (Å²) in [4.78, 5) is 25.7. The molecule has 0 unspecified atom stereocenters. The van der Waals surface area contributed by atoms with E-state index in [0.29, 0.717) is 18.5 Å². The summed E-state index contributed by atoms with van der Waals surface area (Å²) in [7, 11) is 0. The Morgan fingerprint density at radius 1 is 1.23 bits per heavy atom. The fourth-order valence-corrected chi connectivity index (χ4v) is 3.09. The number of hydrogen-bond acceptors (Lipinski definition) is 3. The highest BCUT2D eigenvalue weighted by atomic mass is 16.2. The van der Waals surface area contributed by atoms with Gasteiger partial charge in [-0.3, -0.25) is 9.59 Å². The van der Waals surface area contributed by atoms with Crippen LogP contribution in [0.1, 0.15) is 41.6 Å². The summed E-state index contributed by atoms with van der Waals surface area (Å²) >= 11 is 0. The number of carbonyl (C=O) groups excluding carboxylic acids is 2. The fraction of sp³-hybridized carbons (Fsp3) is 0.529. The van der Waals surface area contributed by atoms with Crippen LogP contribution in [0.25, 0.3) is 0 Å². The van der Waals surface area contributed by atoms with Gasteiger partial charge in [-0.1, -0.05) is 12.1 Å². The predicted octanol–water partition coefficient (Wildman–Crippen LogP) is 1.29. The minimum atomic E-state index is -0.00398. The third kappa shape index (κ3) is 3.65. The van der Waals surface area contributed by atoms with Gasteiger partial charge in [0.2, 0.25) is 5.91 Å². The van der Waals surface area contributed by atoms with Crippen molar-refractivity contribution >= 4 is 11.8 Å². The Bertz CT molecular complexity index is 535. The third-order valence-electron chi connectivity index (χ3n) is 4.44. The zero-order valence-corrected chi connectivity index (χ0v) is 12.8. The summed E-state index contributed by atoms with van der Waals surface area (Å²) in [5, 5.41) is 6.38. The Balaban J connectivity index is 1.56. The molecule has 2 amide bonds. The van der Waals surface area contributed by atoms with Crippen molar-refractivity contribution in [3.05, 3.63) is 35.4 Å². The van der Waals surface area contributed by atoms with Gasteiger partial charge in [0.05, 0.1) is 0 Å². The SMILES string of the molecule is O=C(NC1CCNCC1)c1ccc(CN2CCCC2=O)cc1. The second-order valence-corrected chi connectivity index (χ2v) is 6.11. The molecule has 0 bridgehead atoms. The number of nitrogens with one attached hydrogen (secondary N) is 2. The number of carbonyl (C=O) groups is 2. The summed E-state index contributed by atoms with van der Waals surface area (Å²) in [6.45, 7) is 3.42. The van der Waals surface area contributed by atoms with Crippen molar-refractivity contribution in [2.45, 2.75) is 38.3 Å². The first-order valence-corrected chi connectivity index (χ1v) is 8.11. The average molecular weight is 301 g/mol. The lowest BCUT2D eigenvalue weighted by Crippen LogP contribution is -2.42. The first kappa shape index (κ1) is 15.0. The Kier molecular flexibility index (Phi) is 4.73. The molecule has 0 aromatic heterocycles. The van der Waals surface area contributed by atoms with Crippen LogP contribution in [0.15, 0.2) is 24.3 Å². The maximum atomic E-state index is 12.2. The third-order valence-corrected chi connectivity index (χ3v) is 4.44. The molecule has 2 saturated heterocycles. The van der Waals surface area contributed by atoms with Gasteiger partial charge in [-0.25, -0.2) is 0 Å². The molecular weight excluding hydrogens is 278 g/mol. The van der Waals surface area contributed by atoms with Gasteiger partial charge in [-0.05, 0) is 50.0 Å². The molecule has 3 rings (SSSR count). The number of nitrogens with zero attached hydrogens (tertiary/aromatic N) is 1. The maximum Gasteiger partial charge on any atom is 0.251 e. The quantitative estimate of drug-likeness (QED) is 0.881. The number of piperidine rings is 1. The molecule has 0 atom stereocenters. The first-order chi connectivity index (χ1) is 10.7. The molecule has 5 heteroatoms. The molecule has 1 aromatic carbocycles. The summed E-state index contributed by atoms with van der Waals surface area (Å²) in [6.07, 6.45) is 3.59. The molecule has 22 heavy (non-hydrogen) atoms. The van der Waals surface area contributed by atoms with Crippen molar-refractivity contribution in [2.75, 3.05) is 19.6 Å². The van der Waals surface area contributed by atoms with E-state index in [1.807, 2.05) is 29.2 Å². The van der Waals surface area contributed by atoms with E-state index in [0.717, 1.165) is 44.5 Å². The molecule has 5 nitrogen and oxygen atoms in total. The van der Waals surface area contributed by atoms with Crippen LogP contribution in [0.4, 0.5) is 0 Å². The van der Waals surface area contributed by atoms with Crippen molar-refractivity contribution in [2.24, 2.45) is 0 Å². The van der Waals surface area contributed by atoms with Gasteiger partial charge < -0.3 is 15.5 Å². The summed E-state index contributed by atoms with van der Waals surface area (Å²) in [5.74, 6) is 0.225. The molecule has 2 aliphatic rings. The van der Waals surface area contributed by atoms with Crippen LogP contribution in [0, 0.1) is 0 Å². The normalized spacial score (nSPS) is 19.5. The number of likely N-dealkylation sites (tertiary alicyclic amines) is 1. The molecule has 2 heterocycles. The smallest absolute Gasteiger partial charge is 0.251 e. The lowest BCUT2D eigenvalue weighted by molar-refractivity contribution is -0.128. The van der Waals surface area contributed by atoms with E-state index in [1.54, 1.807) is 0 Å². The van der Waals surface area contributed by atoms with Gasteiger partial charge in [-0.15, -0.1) is 0 Å². The molecule has 2 fully saturated rings. The van der Waals surface area contributed by atoms with E-state index in [-0.39, 0.29) is 17.9 Å². The molecule has 2 aliphatic heterocycles. The van der Waals surface area contributed by atoms with Gasteiger partial charge in [0, 0.05) is 31.1 Å². The van der Waals surface area contributed by atoms with E-state index in [4.69, 9.17) is 0 Å². The predicted molar refractivity (Wildman–Crippen MR) is 84.5 cm³/mol. The number of hydrogen-bond donors (Lipinski definition) is 2. The fourth-order valence-electron chi connectivity index (χ4n) is 3.09. The Labute approximate surface area is 131 Å². The standard InChI is InChI=1S/C17H23N3O2/c21-16-2-1-11-20(16)12-13-3-5-14(6-4-13)17(22)19-15-7-9-18-10-8-15/h3-6,15,18H,1-2,7-12H2,(H,19,22). The van der Waals surface area contributed by atoms with E-state index < -0.39 is 0 Å². The molecule has 0 radical (unpaired) electrons. The summed E-state index contributed by atoms with van der Waals surface area (Å²) in [6, 6.07) is 7.88. The summed E-state index contributed by atoms with van der Waals surface area (Å²) < 4.78 is 0. The number of rotatable bonds is 4. The van der Waals surface area contributed by atoms with Gasteiger partial charge in [0.15, 0.2) is 0 Å². The lowest BCUT2D eigenvalue weighted by atomic mass is 10.1. The van der Waals surface area contributed by atoms with Crippen LogP contribution in [-0.4, -0.2) is 42.4 Å². The summed E-state index contributed by atoms with van der Waals surface area (Å²) in [5.41, 5.74) is 1.77. The molecule has 0 aliphatic carbocycles. The van der Waals surface area contributed by atoms with Crippen molar-refractivity contribution < 1.29 is 9.59 Å². The first-order valence-electron chi connectivity index (χ1n) is 8.11. The minimum Gasteiger partial charge on any atom is -0.349 e. The van der Waals surface area contributed by atoms with Gasteiger partial charge in [0.25, 0.3) is 5.91 Å². The van der Waals surface area contributed by atoms with Gasteiger partial charge >= 0.3 is 0 Å². The van der Waals surface area contributed by atoms with Crippen LogP contribution in [0.3, 0.4) is 0 Å². The van der Waals surface area contributed by atoms with Crippen LogP contribution in [0.2, 0.25) is 0 Å². The molecule has 118 valence electrons. The zero-order chi connectivity index (χ0) is 15.4. The van der Waals surface area contributed by atoms with E-state index >= 15 is 0 Å². The Morgan fingerprint density at radius 3 is 2.59 bits per heavy atom. The molecular formula is C17H23N3O2. The van der Waals surface area contributed by atoms with Crippen LogP contribution in [0.5, 0.6) is 0 Å². The number of benzene rings is 1. The second kappa shape index (κ2) is 6.92. The zero-order valence-electron chi connectivity index (χ0n) is 12.8. The Hall–Kier alpha value is -1.88. The minimum absolute atomic E-state index is 0.00398. The van der Waals surface area contributed by atoms with Crippen LogP contribution >= 0.6 is 0 Å². The monoisotopic (exact) mass is 301 g/mol. The number of amides is 2. The van der Waals surface area contributed by atoms with Crippen LogP contribution in [-0.2, 0) is 11.3 Å². The van der Waals surface area contributed by atoms with Crippen molar-refractivity contribution in [1.82, 2.24) is 15.5 Å². The highest BCUT2D eigenvalue weighted by Crippen LogP contribution is 2.15. The second-order valence-electron chi connectivity index (χ2n) is 6.11. The average Bonchev–Trinajstić information content (AvgIpc) is 2.94. The topological polar surface area (TPSA) is 61.4 Å². The maximum absolute atomic E-state index is 12.2. The molecule has 2 N–H and O–H groups in total. The van der Waals surface area contributed by atoms with E-state index in [2.05, 4.69) is 10.6 Å². The molecule has 1 aromatic rings. The highest BCUT2D eigenvalue weighted by molar-refractivity contribution is 5.94. The largest absolute Gasteiger partial charge is 0.349 e.